The molecule has 2 N–H and O–H groups in total. The number of hydrogen-bond donors (Lipinski definition) is 2. The molecule has 0 radical (unpaired) electrons. The van der Waals surface area contributed by atoms with Crippen LogP contribution in [0.3, 0.4) is 0 Å². The Kier molecular flexibility index (Phi) is 6.46. The summed E-state index contributed by atoms with van der Waals surface area (Å²) in [6.07, 6.45) is 0. The van der Waals surface area contributed by atoms with Crippen LogP contribution in [0.15, 0.2) is 64.4 Å². The molecule has 0 aliphatic carbocycles. The van der Waals surface area contributed by atoms with E-state index >= 15 is 0 Å². The Bertz CT molecular complexity index is 1350. The molecule has 4 rings (SSSR count). The monoisotopic (exact) mass is 488 g/mol. The second-order valence-corrected chi connectivity index (χ2v) is 9.05. The van der Waals surface area contributed by atoms with E-state index in [1.165, 1.54) is 38.5 Å². The number of rotatable bonds is 8. The van der Waals surface area contributed by atoms with Crippen molar-refractivity contribution in [3.63, 3.8) is 0 Å². The van der Waals surface area contributed by atoms with Crippen molar-refractivity contribution < 1.29 is 36.6 Å². The first kappa shape index (κ1) is 23.2. The lowest BCUT2D eigenvalue weighted by Gasteiger charge is -2.14. The molecule has 0 atom stereocenters. The minimum Gasteiger partial charge on any atom is -0.493 e. The highest BCUT2D eigenvalue weighted by atomic mass is 32.2. The molecule has 1 heterocycles. The van der Waals surface area contributed by atoms with Gasteiger partial charge in [-0.3, -0.25) is 4.79 Å². The summed E-state index contributed by atoms with van der Waals surface area (Å²) in [5, 5.41) is 5.45. The molecule has 1 amide bonds. The minimum absolute atomic E-state index is 0.0667. The molecule has 3 aromatic rings. The summed E-state index contributed by atoms with van der Waals surface area (Å²) in [5.41, 5.74) is 0.547. The van der Waals surface area contributed by atoms with Gasteiger partial charge >= 0.3 is 0 Å². The summed E-state index contributed by atoms with van der Waals surface area (Å²) in [6.45, 7) is -0.162. The van der Waals surface area contributed by atoms with Crippen LogP contribution < -0.4 is 29.6 Å². The summed E-state index contributed by atoms with van der Waals surface area (Å²) >= 11 is 0. The largest absolute Gasteiger partial charge is 0.493 e. The highest BCUT2D eigenvalue weighted by molar-refractivity contribution is 7.91. The SMILES string of the molecule is COc1ccc(S(=O)(=O)c2cc(F)ccc2NCC(=O)Nc2ccc3c(c2)OCO3)cc1OC. The molecule has 1 aliphatic heterocycles. The molecule has 0 saturated carbocycles. The Balaban J connectivity index is 1.54. The van der Waals surface area contributed by atoms with E-state index in [1.807, 2.05) is 0 Å². The van der Waals surface area contributed by atoms with Gasteiger partial charge in [-0.25, -0.2) is 12.8 Å². The van der Waals surface area contributed by atoms with Gasteiger partial charge in [0.2, 0.25) is 22.5 Å². The van der Waals surface area contributed by atoms with E-state index in [0.29, 0.717) is 22.9 Å². The zero-order chi connectivity index (χ0) is 24.3. The van der Waals surface area contributed by atoms with Crippen molar-refractivity contribution in [1.29, 1.82) is 0 Å². The van der Waals surface area contributed by atoms with E-state index < -0.39 is 21.6 Å². The number of halogens is 1. The average Bonchev–Trinajstić information content (AvgIpc) is 3.30. The molecule has 0 spiro atoms. The fourth-order valence-electron chi connectivity index (χ4n) is 3.33. The Morgan fingerprint density at radius 1 is 0.971 bits per heavy atom. The maximum atomic E-state index is 14.0. The fourth-order valence-corrected chi connectivity index (χ4v) is 4.79. The van der Waals surface area contributed by atoms with Crippen LogP contribution in [-0.2, 0) is 14.6 Å². The van der Waals surface area contributed by atoms with Gasteiger partial charge in [0.1, 0.15) is 5.82 Å². The van der Waals surface area contributed by atoms with Gasteiger partial charge in [-0.05, 0) is 42.5 Å². The molecule has 0 bridgehead atoms. The molecule has 9 nitrogen and oxygen atoms in total. The van der Waals surface area contributed by atoms with Crippen LogP contribution in [0.5, 0.6) is 23.0 Å². The van der Waals surface area contributed by atoms with Crippen molar-refractivity contribution in [1.82, 2.24) is 0 Å². The summed E-state index contributed by atoms with van der Waals surface area (Å²) in [7, 11) is -1.36. The molecule has 0 unspecified atom stereocenters. The predicted molar refractivity (Wildman–Crippen MR) is 121 cm³/mol. The molecule has 178 valence electrons. The van der Waals surface area contributed by atoms with E-state index in [2.05, 4.69) is 10.6 Å². The maximum absolute atomic E-state index is 14.0. The van der Waals surface area contributed by atoms with Crippen LogP contribution in [0.4, 0.5) is 15.8 Å². The van der Waals surface area contributed by atoms with E-state index in [4.69, 9.17) is 18.9 Å². The molecule has 1 aliphatic rings. The normalized spacial score (nSPS) is 12.2. The van der Waals surface area contributed by atoms with Gasteiger partial charge in [0, 0.05) is 17.8 Å². The predicted octanol–water partition coefficient (Wildman–Crippen LogP) is 3.46. The number of benzene rings is 3. The van der Waals surface area contributed by atoms with E-state index in [0.717, 1.165) is 12.1 Å². The number of fused-ring (bicyclic) bond motifs is 1. The van der Waals surface area contributed by atoms with Gasteiger partial charge in [0.05, 0.1) is 36.2 Å². The number of sulfone groups is 1. The first-order chi connectivity index (χ1) is 16.3. The van der Waals surface area contributed by atoms with Crippen molar-refractivity contribution in [2.24, 2.45) is 0 Å². The number of methoxy groups -OCH3 is 2. The van der Waals surface area contributed by atoms with Crippen LogP contribution in [0.2, 0.25) is 0 Å². The van der Waals surface area contributed by atoms with Crippen LogP contribution in [0, 0.1) is 5.82 Å². The number of carbonyl (C=O) groups is 1. The van der Waals surface area contributed by atoms with E-state index in [9.17, 15) is 17.6 Å². The standard InChI is InChI=1S/C23H21FN2O7S/c1-30-18-8-5-16(11-20(18)31-2)34(28,29)22-9-14(24)3-6-17(22)25-12-23(27)26-15-4-7-19-21(10-15)33-13-32-19/h3-11,25H,12-13H2,1-2H3,(H,26,27). The Morgan fingerprint density at radius 2 is 1.74 bits per heavy atom. The third-order valence-electron chi connectivity index (χ3n) is 4.99. The number of ether oxygens (including phenoxy) is 4. The first-order valence-electron chi connectivity index (χ1n) is 10.0. The van der Waals surface area contributed by atoms with Gasteiger partial charge in [0.25, 0.3) is 0 Å². The van der Waals surface area contributed by atoms with Crippen molar-refractivity contribution in [3.05, 3.63) is 60.4 Å². The van der Waals surface area contributed by atoms with Crippen molar-refractivity contribution in [3.8, 4) is 23.0 Å². The average molecular weight is 488 g/mol. The van der Waals surface area contributed by atoms with E-state index in [-0.39, 0.29) is 34.6 Å². The maximum Gasteiger partial charge on any atom is 0.243 e. The molecular formula is C23H21FN2O7S. The van der Waals surface area contributed by atoms with Gasteiger partial charge < -0.3 is 29.6 Å². The Hall–Kier alpha value is -3.99. The lowest BCUT2D eigenvalue weighted by atomic mass is 10.2. The van der Waals surface area contributed by atoms with Crippen molar-refractivity contribution in [2.45, 2.75) is 9.79 Å². The lowest BCUT2D eigenvalue weighted by Crippen LogP contribution is -2.22. The van der Waals surface area contributed by atoms with Gasteiger partial charge in [-0.2, -0.15) is 0 Å². The second kappa shape index (κ2) is 9.48. The molecule has 34 heavy (non-hydrogen) atoms. The van der Waals surface area contributed by atoms with Crippen LogP contribution in [-0.4, -0.2) is 41.9 Å². The van der Waals surface area contributed by atoms with Crippen LogP contribution in [0.25, 0.3) is 0 Å². The summed E-state index contributed by atoms with van der Waals surface area (Å²) < 4.78 is 61.4. The Labute approximate surface area is 195 Å². The third kappa shape index (κ3) is 4.69. The highest BCUT2D eigenvalue weighted by Crippen LogP contribution is 2.35. The zero-order valence-corrected chi connectivity index (χ0v) is 19.1. The first-order valence-corrected chi connectivity index (χ1v) is 11.5. The highest BCUT2D eigenvalue weighted by Gasteiger charge is 2.24. The van der Waals surface area contributed by atoms with Gasteiger partial charge in [0.15, 0.2) is 23.0 Å². The summed E-state index contributed by atoms with van der Waals surface area (Å²) in [6, 6.07) is 12.2. The molecule has 11 heteroatoms. The minimum atomic E-state index is -4.16. The molecule has 3 aromatic carbocycles. The Morgan fingerprint density at radius 3 is 2.50 bits per heavy atom. The molecular weight excluding hydrogens is 467 g/mol. The van der Waals surface area contributed by atoms with E-state index in [1.54, 1.807) is 18.2 Å². The quantitative estimate of drug-likeness (QED) is 0.496. The molecule has 0 aromatic heterocycles. The zero-order valence-electron chi connectivity index (χ0n) is 18.3. The lowest BCUT2D eigenvalue weighted by molar-refractivity contribution is -0.114. The van der Waals surface area contributed by atoms with Crippen LogP contribution >= 0.6 is 0 Å². The fraction of sp³-hybridized carbons (Fsp3) is 0.174. The topological polar surface area (TPSA) is 112 Å². The van der Waals surface area contributed by atoms with Crippen molar-refractivity contribution in [2.75, 3.05) is 38.2 Å². The molecule has 0 fully saturated rings. The number of nitrogens with one attached hydrogen (secondary N) is 2. The second-order valence-electron chi connectivity index (χ2n) is 7.13. The summed E-state index contributed by atoms with van der Waals surface area (Å²) in [4.78, 5) is 12.0. The smallest absolute Gasteiger partial charge is 0.243 e. The third-order valence-corrected chi connectivity index (χ3v) is 6.79. The number of carbonyl (C=O) groups excluding carboxylic acids is 1. The van der Waals surface area contributed by atoms with Crippen molar-refractivity contribution >= 4 is 27.1 Å². The summed E-state index contributed by atoms with van der Waals surface area (Å²) in [5.74, 6) is 0.448. The number of amides is 1. The van der Waals surface area contributed by atoms with Crippen LogP contribution in [0.1, 0.15) is 0 Å². The number of hydrogen-bond acceptors (Lipinski definition) is 8. The molecule has 0 saturated heterocycles. The number of anilines is 2. The van der Waals surface area contributed by atoms with Gasteiger partial charge in [-0.15, -0.1) is 0 Å². The van der Waals surface area contributed by atoms with Gasteiger partial charge in [-0.1, -0.05) is 0 Å².